The summed E-state index contributed by atoms with van der Waals surface area (Å²) in [5, 5.41) is 3.02. The number of ether oxygens (including phenoxy) is 1. The number of hydrogen-bond acceptors (Lipinski definition) is 4. The molecule has 0 aromatic carbocycles. The fourth-order valence-electron chi connectivity index (χ4n) is 1.48. The number of aromatic nitrogens is 1. The second-order valence-electron chi connectivity index (χ2n) is 5.00. The first kappa shape index (κ1) is 15.4. The molecule has 1 atom stereocenters. The molecule has 1 aromatic heterocycles. The van der Waals surface area contributed by atoms with Crippen molar-refractivity contribution in [2.45, 2.75) is 38.8 Å². The van der Waals surface area contributed by atoms with Gasteiger partial charge in [0.25, 0.3) is 0 Å². The molecule has 0 radical (unpaired) electrons. The van der Waals surface area contributed by atoms with Crippen LogP contribution >= 0.6 is 11.6 Å². The van der Waals surface area contributed by atoms with Crippen molar-refractivity contribution in [3.63, 3.8) is 0 Å². The highest BCUT2D eigenvalue weighted by atomic mass is 35.5. The molecule has 0 saturated carbocycles. The normalized spacial score (nSPS) is 12.6. The van der Waals surface area contributed by atoms with E-state index in [9.17, 15) is 9.59 Å². The van der Waals surface area contributed by atoms with Crippen LogP contribution in [0.5, 0.6) is 0 Å². The maximum Gasteiger partial charge on any atom is 0.408 e. The van der Waals surface area contributed by atoms with E-state index >= 15 is 0 Å². The number of nitrogens with zero attached hydrogens (tertiary/aromatic N) is 1. The highest BCUT2D eigenvalue weighted by Crippen LogP contribution is 2.24. The van der Waals surface area contributed by atoms with Gasteiger partial charge in [-0.3, -0.25) is 4.98 Å². The second-order valence-corrected chi connectivity index (χ2v) is 5.41. The summed E-state index contributed by atoms with van der Waals surface area (Å²) in [6.45, 7) is 5.29. The van der Waals surface area contributed by atoms with Crippen LogP contribution in [0.4, 0.5) is 4.79 Å². The first-order chi connectivity index (χ1) is 8.83. The zero-order valence-corrected chi connectivity index (χ0v) is 11.9. The van der Waals surface area contributed by atoms with Crippen molar-refractivity contribution in [3.8, 4) is 0 Å². The van der Waals surface area contributed by atoms with Crippen molar-refractivity contribution in [1.82, 2.24) is 10.3 Å². The van der Waals surface area contributed by atoms with Crippen LogP contribution in [-0.2, 0) is 9.53 Å². The van der Waals surface area contributed by atoms with Crippen LogP contribution in [-0.4, -0.2) is 23.0 Å². The highest BCUT2D eigenvalue weighted by Gasteiger charge is 2.21. The van der Waals surface area contributed by atoms with Crippen molar-refractivity contribution in [3.05, 3.63) is 29.0 Å². The molecular formula is C13H17ClN2O3. The number of amides is 1. The van der Waals surface area contributed by atoms with Gasteiger partial charge < -0.3 is 14.8 Å². The van der Waals surface area contributed by atoms with E-state index in [1.165, 1.54) is 6.20 Å². The molecule has 1 rings (SSSR count). The molecule has 0 aliphatic rings. The lowest BCUT2D eigenvalue weighted by molar-refractivity contribution is -0.108. The molecule has 5 nitrogen and oxygen atoms in total. The lowest BCUT2D eigenvalue weighted by Crippen LogP contribution is -2.35. The Balaban J connectivity index is 2.82. The summed E-state index contributed by atoms with van der Waals surface area (Å²) in [7, 11) is 0. The summed E-state index contributed by atoms with van der Waals surface area (Å²) >= 11 is 6.00. The minimum atomic E-state index is -0.599. The molecule has 1 N–H and O–H groups in total. The Labute approximate surface area is 117 Å². The van der Waals surface area contributed by atoms with E-state index in [2.05, 4.69) is 10.3 Å². The largest absolute Gasteiger partial charge is 0.444 e. The van der Waals surface area contributed by atoms with Crippen molar-refractivity contribution >= 4 is 24.0 Å². The van der Waals surface area contributed by atoms with Crippen LogP contribution in [0, 0.1) is 0 Å². The molecule has 1 aromatic rings. The first-order valence-corrected chi connectivity index (χ1v) is 6.24. The third-order valence-corrected chi connectivity index (χ3v) is 2.52. The van der Waals surface area contributed by atoms with Crippen LogP contribution in [0.25, 0.3) is 0 Å². The van der Waals surface area contributed by atoms with E-state index in [4.69, 9.17) is 16.3 Å². The molecule has 104 valence electrons. The number of carbonyl (C=O) groups is 2. The predicted octanol–water partition coefficient (Wildman–Crippen LogP) is 2.89. The molecule has 19 heavy (non-hydrogen) atoms. The van der Waals surface area contributed by atoms with Gasteiger partial charge in [-0.15, -0.1) is 0 Å². The van der Waals surface area contributed by atoms with Gasteiger partial charge in [0.15, 0.2) is 0 Å². The van der Waals surface area contributed by atoms with E-state index in [-0.39, 0.29) is 6.42 Å². The minimum Gasteiger partial charge on any atom is -0.444 e. The molecule has 6 heteroatoms. The standard InChI is InChI=1S/C13H17ClN2O3/c1-13(2,3)19-12(18)16-11(5-7-17)9-4-6-15-8-10(9)14/h4,6-8,11H,5H2,1-3H3,(H,16,18)/t11-/m0/s1. The number of alkyl carbamates (subject to hydrolysis) is 1. The van der Waals surface area contributed by atoms with Gasteiger partial charge in [-0.05, 0) is 32.4 Å². The van der Waals surface area contributed by atoms with Gasteiger partial charge in [0.05, 0.1) is 11.1 Å². The smallest absolute Gasteiger partial charge is 0.408 e. The van der Waals surface area contributed by atoms with Crippen LogP contribution in [0.15, 0.2) is 18.5 Å². The molecule has 1 heterocycles. The van der Waals surface area contributed by atoms with Gasteiger partial charge in [0, 0.05) is 18.8 Å². The van der Waals surface area contributed by atoms with E-state index in [0.29, 0.717) is 10.6 Å². The third-order valence-electron chi connectivity index (χ3n) is 2.20. The summed E-state index contributed by atoms with van der Waals surface area (Å²) < 4.78 is 5.15. The Morgan fingerprint density at radius 2 is 2.26 bits per heavy atom. The number of aldehydes is 1. The van der Waals surface area contributed by atoms with E-state index in [1.807, 2.05) is 0 Å². The fraction of sp³-hybridized carbons (Fsp3) is 0.462. The van der Waals surface area contributed by atoms with Crippen molar-refractivity contribution < 1.29 is 14.3 Å². The Morgan fingerprint density at radius 3 is 2.79 bits per heavy atom. The maximum atomic E-state index is 11.7. The summed E-state index contributed by atoms with van der Waals surface area (Å²) in [5.41, 5.74) is 0.0346. The molecule has 1 amide bonds. The van der Waals surface area contributed by atoms with Crippen molar-refractivity contribution in [2.75, 3.05) is 0 Å². The molecule has 0 unspecified atom stereocenters. The zero-order valence-electron chi connectivity index (χ0n) is 11.1. The SMILES string of the molecule is CC(C)(C)OC(=O)N[C@@H](CC=O)c1ccncc1Cl. The van der Waals surface area contributed by atoms with Gasteiger partial charge in [0.2, 0.25) is 0 Å². The average Bonchev–Trinajstić information content (AvgIpc) is 2.26. The van der Waals surface area contributed by atoms with Crippen molar-refractivity contribution in [2.24, 2.45) is 0 Å². The van der Waals surface area contributed by atoms with E-state index in [1.54, 1.807) is 33.0 Å². The van der Waals surface area contributed by atoms with Gasteiger partial charge >= 0.3 is 6.09 Å². The monoisotopic (exact) mass is 284 g/mol. The molecule has 0 fully saturated rings. The lowest BCUT2D eigenvalue weighted by atomic mass is 10.1. The van der Waals surface area contributed by atoms with E-state index < -0.39 is 17.7 Å². The minimum absolute atomic E-state index is 0.114. The number of carbonyl (C=O) groups excluding carboxylic acids is 2. The third kappa shape index (κ3) is 5.26. The molecular weight excluding hydrogens is 268 g/mol. The Bertz CT molecular complexity index is 457. The number of pyridine rings is 1. The predicted molar refractivity (Wildman–Crippen MR) is 72.0 cm³/mol. The lowest BCUT2D eigenvalue weighted by Gasteiger charge is -2.23. The number of nitrogens with one attached hydrogen (secondary N) is 1. The Hall–Kier alpha value is -1.62. The summed E-state index contributed by atoms with van der Waals surface area (Å²) in [5.74, 6) is 0. The molecule has 0 bridgehead atoms. The molecule has 0 saturated heterocycles. The number of hydrogen-bond donors (Lipinski definition) is 1. The number of rotatable bonds is 4. The number of halogens is 1. The van der Waals surface area contributed by atoms with Gasteiger partial charge in [-0.2, -0.15) is 0 Å². The maximum absolute atomic E-state index is 11.7. The van der Waals surface area contributed by atoms with Crippen molar-refractivity contribution in [1.29, 1.82) is 0 Å². The summed E-state index contributed by atoms with van der Waals surface area (Å²) in [4.78, 5) is 26.3. The van der Waals surface area contributed by atoms with Crippen LogP contribution in [0.2, 0.25) is 5.02 Å². The topological polar surface area (TPSA) is 68.3 Å². The summed E-state index contributed by atoms with van der Waals surface area (Å²) in [6.07, 6.45) is 3.26. The van der Waals surface area contributed by atoms with Crippen LogP contribution in [0.3, 0.4) is 0 Å². The average molecular weight is 285 g/mol. The molecule has 0 spiro atoms. The summed E-state index contributed by atoms with van der Waals surface area (Å²) in [6, 6.07) is 1.14. The van der Waals surface area contributed by atoms with Gasteiger partial charge in [0.1, 0.15) is 11.9 Å². The van der Waals surface area contributed by atoms with Crippen LogP contribution in [0.1, 0.15) is 38.8 Å². The zero-order chi connectivity index (χ0) is 14.5. The second kappa shape index (κ2) is 6.52. The van der Waals surface area contributed by atoms with Crippen LogP contribution < -0.4 is 5.32 Å². The van der Waals surface area contributed by atoms with Gasteiger partial charge in [-0.1, -0.05) is 11.6 Å². The first-order valence-electron chi connectivity index (χ1n) is 5.86. The Morgan fingerprint density at radius 1 is 1.58 bits per heavy atom. The highest BCUT2D eigenvalue weighted by molar-refractivity contribution is 6.31. The molecule has 0 aliphatic carbocycles. The van der Waals surface area contributed by atoms with Gasteiger partial charge in [-0.25, -0.2) is 4.79 Å². The fourth-order valence-corrected chi connectivity index (χ4v) is 1.73. The quantitative estimate of drug-likeness (QED) is 0.863. The Kier molecular flexibility index (Phi) is 5.30. The van der Waals surface area contributed by atoms with E-state index in [0.717, 1.165) is 6.29 Å². The molecule has 0 aliphatic heterocycles.